The van der Waals surface area contributed by atoms with Crippen LogP contribution in [0.15, 0.2) is 397 Å². The van der Waals surface area contributed by atoms with Gasteiger partial charge in [0.1, 0.15) is 22.3 Å². The average Bonchev–Trinajstić information content (AvgIpc) is 1.57. The van der Waals surface area contributed by atoms with Gasteiger partial charge in [0.2, 0.25) is 0 Å². The Morgan fingerprint density at radius 1 is 0.149 bits per heavy atom. The molecule has 0 amide bonds. The highest BCUT2D eigenvalue weighted by atomic mass is 16.3. The lowest BCUT2D eigenvalue weighted by Gasteiger charge is -2.12. The van der Waals surface area contributed by atoms with E-state index in [9.17, 15) is 0 Å². The van der Waals surface area contributed by atoms with E-state index in [0.717, 1.165) is 182 Å². The molecule has 114 heavy (non-hydrogen) atoms. The summed E-state index contributed by atoms with van der Waals surface area (Å²) in [6.45, 7) is 0. The second-order valence-corrected chi connectivity index (χ2v) is 29.2. The SMILES string of the molecule is c1ccc(-c2ccc(-c3nc(-c4ccc5ccccc5c4)nc(-c4ccc(-c5ccc(-c6ccc7cc(-c8cccc(-c9ccc(-c%10nc(-c%11ccc%12ccccc%12c%11)nc(-c%11ccc(-c%12ccc(-c%13cccc%14ccccc%13%14)cc%12)c%12oc%13ccccc%13c%11%12)n%10)cc9)c8)ccc7c6)cc5)c5oc6ccccc6c45)n3)cc2)cc1. The van der Waals surface area contributed by atoms with Gasteiger partial charge in [-0.05, 0) is 177 Å². The lowest BCUT2D eigenvalue weighted by atomic mass is 9.94. The smallest absolute Gasteiger partial charge is 0.164 e. The number of fused-ring (bicyclic) bond motifs is 10. The van der Waals surface area contributed by atoms with E-state index in [1.807, 2.05) is 30.3 Å². The van der Waals surface area contributed by atoms with E-state index in [1.165, 1.54) is 16.3 Å². The zero-order chi connectivity index (χ0) is 75.2. The van der Waals surface area contributed by atoms with Crippen LogP contribution in [0.1, 0.15) is 0 Å². The van der Waals surface area contributed by atoms with Gasteiger partial charge in [-0.25, -0.2) is 29.9 Å². The molecule has 0 radical (unpaired) electrons. The van der Waals surface area contributed by atoms with Crippen molar-refractivity contribution >= 4 is 87.0 Å². The predicted molar refractivity (Wildman–Crippen MR) is 468 cm³/mol. The molecule has 4 heterocycles. The van der Waals surface area contributed by atoms with Crippen molar-refractivity contribution in [1.82, 2.24) is 29.9 Å². The summed E-state index contributed by atoms with van der Waals surface area (Å²) in [7, 11) is 0. The first-order valence-electron chi connectivity index (χ1n) is 38.4. The van der Waals surface area contributed by atoms with Crippen LogP contribution in [0.25, 0.3) is 233 Å². The Hall–Kier alpha value is -15.4. The Morgan fingerprint density at radius 2 is 0.439 bits per heavy atom. The number of rotatable bonds is 13. The third kappa shape index (κ3) is 11.8. The van der Waals surface area contributed by atoms with E-state index in [1.54, 1.807) is 0 Å². The fourth-order valence-corrected chi connectivity index (χ4v) is 16.5. The molecule has 0 bridgehead atoms. The van der Waals surface area contributed by atoms with Gasteiger partial charge in [0.25, 0.3) is 0 Å². The first-order chi connectivity index (χ1) is 56.4. The Kier molecular flexibility index (Phi) is 15.7. The molecule has 8 nitrogen and oxygen atoms in total. The van der Waals surface area contributed by atoms with Gasteiger partial charge in [-0.2, -0.15) is 0 Å². The second kappa shape index (κ2) is 27.3. The van der Waals surface area contributed by atoms with Crippen molar-refractivity contribution in [1.29, 1.82) is 0 Å². The van der Waals surface area contributed by atoms with Crippen molar-refractivity contribution < 1.29 is 8.83 Å². The quantitative estimate of drug-likeness (QED) is 0.112. The molecule has 0 fully saturated rings. The maximum atomic E-state index is 6.89. The zero-order valence-electron chi connectivity index (χ0n) is 61.5. The third-order valence-corrected chi connectivity index (χ3v) is 22.4. The molecule has 530 valence electrons. The van der Waals surface area contributed by atoms with Crippen LogP contribution in [0.2, 0.25) is 0 Å². The van der Waals surface area contributed by atoms with Gasteiger partial charge < -0.3 is 8.83 Å². The molecule has 18 aromatic carbocycles. The summed E-state index contributed by atoms with van der Waals surface area (Å²) in [5, 5.41) is 13.1. The van der Waals surface area contributed by atoms with Crippen molar-refractivity contribution in [3.8, 4) is 146 Å². The lowest BCUT2D eigenvalue weighted by Crippen LogP contribution is -2.00. The highest BCUT2D eigenvalue weighted by molar-refractivity contribution is 6.17. The van der Waals surface area contributed by atoms with Gasteiger partial charge in [-0.3, -0.25) is 0 Å². The van der Waals surface area contributed by atoms with E-state index < -0.39 is 0 Å². The van der Waals surface area contributed by atoms with E-state index in [2.05, 4.69) is 358 Å². The van der Waals surface area contributed by atoms with E-state index >= 15 is 0 Å². The minimum atomic E-state index is 0.558. The van der Waals surface area contributed by atoms with Gasteiger partial charge in [0.05, 0.1) is 0 Å². The van der Waals surface area contributed by atoms with Crippen molar-refractivity contribution in [2.45, 2.75) is 0 Å². The Morgan fingerprint density at radius 3 is 0.947 bits per heavy atom. The molecular weight excluding hydrogens is 1390 g/mol. The predicted octanol–water partition coefficient (Wildman–Crippen LogP) is 28.1. The highest BCUT2D eigenvalue weighted by Crippen LogP contribution is 2.46. The fraction of sp³-hybridized carbons (Fsp3) is 0. The van der Waals surface area contributed by atoms with Crippen LogP contribution < -0.4 is 0 Å². The Bertz CT molecular complexity index is 7570. The average molecular weight is 1450 g/mol. The van der Waals surface area contributed by atoms with Gasteiger partial charge >= 0.3 is 0 Å². The Labute approximate surface area is 656 Å². The molecule has 0 saturated heterocycles. The summed E-state index contributed by atoms with van der Waals surface area (Å²) in [4.78, 5) is 31.8. The Balaban J connectivity index is 0.554. The van der Waals surface area contributed by atoms with Gasteiger partial charge in [-0.15, -0.1) is 0 Å². The van der Waals surface area contributed by atoms with E-state index in [4.69, 9.17) is 38.7 Å². The van der Waals surface area contributed by atoms with Crippen molar-refractivity contribution in [2.75, 3.05) is 0 Å². The van der Waals surface area contributed by atoms with E-state index in [-0.39, 0.29) is 0 Å². The minimum Gasteiger partial charge on any atom is -0.455 e. The summed E-state index contributed by atoms with van der Waals surface area (Å²) in [5.41, 5.74) is 23.8. The third-order valence-electron chi connectivity index (χ3n) is 22.4. The monoisotopic (exact) mass is 1450 g/mol. The van der Waals surface area contributed by atoms with Crippen LogP contribution in [0.3, 0.4) is 0 Å². The number of aromatic nitrogens is 6. The maximum absolute atomic E-state index is 6.89. The number of furan rings is 2. The van der Waals surface area contributed by atoms with Gasteiger partial charge in [-0.1, -0.05) is 322 Å². The van der Waals surface area contributed by atoms with Crippen molar-refractivity contribution in [2.24, 2.45) is 0 Å². The van der Waals surface area contributed by atoms with Crippen LogP contribution in [0, 0.1) is 0 Å². The number of hydrogen-bond donors (Lipinski definition) is 0. The molecule has 0 unspecified atom stereocenters. The van der Waals surface area contributed by atoms with Crippen LogP contribution >= 0.6 is 0 Å². The lowest BCUT2D eigenvalue weighted by molar-refractivity contribution is 0.669. The van der Waals surface area contributed by atoms with Gasteiger partial charge in [0, 0.05) is 66.1 Å². The first kappa shape index (κ1) is 65.7. The minimum absolute atomic E-state index is 0.558. The molecule has 22 aromatic rings. The van der Waals surface area contributed by atoms with Crippen LogP contribution in [0.5, 0.6) is 0 Å². The number of hydrogen-bond acceptors (Lipinski definition) is 8. The summed E-state index contributed by atoms with van der Waals surface area (Å²) in [5.74, 6) is 3.46. The summed E-state index contributed by atoms with van der Waals surface area (Å²) >= 11 is 0. The number of benzene rings is 18. The van der Waals surface area contributed by atoms with E-state index in [0.29, 0.717) is 34.9 Å². The molecule has 0 aliphatic rings. The highest BCUT2D eigenvalue weighted by Gasteiger charge is 2.25. The molecular formula is C106H64N6O2. The molecule has 0 saturated carbocycles. The van der Waals surface area contributed by atoms with Crippen molar-refractivity contribution in [3.05, 3.63) is 388 Å². The largest absolute Gasteiger partial charge is 0.455 e. The molecule has 22 rings (SSSR count). The topological polar surface area (TPSA) is 104 Å². The van der Waals surface area contributed by atoms with Crippen LogP contribution in [-0.4, -0.2) is 29.9 Å². The summed E-state index contributed by atoms with van der Waals surface area (Å²) in [6, 6.07) is 137. The maximum Gasteiger partial charge on any atom is 0.164 e. The zero-order valence-corrected chi connectivity index (χ0v) is 61.5. The molecule has 0 atom stereocenters. The molecule has 0 N–H and O–H groups in total. The van der Waals surface area contributed by atoms with Crippen molar-refractivity contribution in [3.63, 3.8) is 0 Å². The van der Waals surface area contributed by atoms with Crippen LogP contribution in [0.4, 0.5) is 0 Å². The molecule has 4 aromatic heterocycles. The molecule has 0 spiro atoms. The molecule has 8 heteroatoms. The standard InChI is InChI=1S/C106H64N6O2/c1-2-16-65(17-3-1)68-34-46-75(47-35-68)101-107-103(85-54-38-66-18-4-6-21-77(66)63-85)111-105(109-101)93-58-56-89(99-97(93)91-27-10-12-30-95(91)113-99)73-40-32-70(33-41-73)81-50-51-84-62-82(52-53-83(84)61-81)80-25-14-24-79(60-80)69-36-48-76(49-37-69)102-108-104(86-55-39-67-19-5-7-22-78(67)64-86)112-106(110-102)94-59-57-90(100-98(94)92-28-11-13-31-96(92)114-100)74-44-42-72(43-45-74)88-29-15-23-71-20-8-9-26-87(71)88/h1-64H. The normalized spacial score (nSPS) is 11.7. The number of para-hydroxylation sites is 2. The second-order valence-electron chi connectivity index (χ2n) is 29.2. The fourth-order valence-electron chi connectivity index (χ4n) is 16.5. The molecule has 0 aliphatic heterocycles. The summed E-state index contributed by atoms with van der Waals surface area (Å²) in [6.07, 6.45) is 0. The van der Waals surface area contributed by atoms with Crippen LogP contribution in [-0.2, 0) is 0 Å². The van der Waals surface area contributed by atoms with Gasteiger partial charge in [0.15, 0.2) is 34.9 Å². The first-order valence-corrected chi connectivity index (χ1v) is 38.4. The number of nitrogens with zero attached hydrogens (tertiary/aromatic N) is 6. The molecule has 0 aliphatic carbocycles. The summed E-state index contributed by atoms with van der Waals surface area (Å²) < 4.78 is 13.8.